The van der Waals surface area contributed by atoms with Gasteiger partial charge in [-0.2, -0.15) is 0 Å². The number of para-hydroxylation sites is 1. The summed E-state index contributed by atoms with van der Waals surface area (Å²) >= 11 is 0. The molecule has 2 heterocycles. The predicted molar refractivity (Wildman–Crippen MR) is 79.8 cm³/mol. The number of benzene rings is 1. The van der Waals surface area contributed by atoms with Crippen LogP contribution in [-0.4, -0.2) is 44.0 Å². The first kappa shape index (κ1) is 13.6. The minimum Gasteiger partial charge on any atom is -0.357 e. The summed E-state index contributed by atoms with van der Waals surface area (Å²) in [6.45, 7) is 1.07. The average Bonchev–Trinajstić information content (AvgIpc) is 2.85. The van der Waals surface area contributed by atoms with E-state index in [2.05, 4.69) is 41.2 Å². The third-order valence-corrected chi connectivity index (χ3v) is 4.37. The summed E-state index contributed by atoms with van der Waals surface area (Å²) in [6.07, 6.45) is 1.76. The summed E-state index contributed by atoms with van der Waals surface area (Å²) in [5.41, 5.74) is 4.00. The van der Waals surface area contributed by atoms with E-state index < -0.39 is 0 Å². The predicted octanol–water partition coefficient (Wildman–Crippen LogP) is 2.71. The molecule has 4 nitrogen and oxygen atoms in total. The number of aromatic nitrogens is 1. The molecule has 0 radical (unpaired) electrons. The van der Waals surface area contributed by atoms with Crippen LogP contribution in [0, 0.1) is 0 Å². The molecular weight excluding hydrogens is 252 g/mol. The first-order valence-electron chi connectivity index (χ1n) is 7.10. The number of hydrogen-bond donors (Lipinski definition) is 1. The first-order valence-corrected chi connectivity index (χ1v) is 7.10. The summed E-state index contributed by atoms with van der Waals surface area (Å²) in [7, 11) is 5.56. The monoisotopic (exact) mass is 274 g/mol. The fraction of sp³-hybridized carbons (Fsp3) is 0.500. The molecule has 108 valence electrons. The summed E-state index contributed by atoms with van der Waals surface area (Å²) in [5, 5.41) is 1.35. The smallest absolute Gasteiger partial charge is 0.158 e. The van der Waals surface area contributed by atoms with Gasteiger partial charge in [0.05, 0.1) is 6.04 Å². The van der Waals surface area contributed by atoms with Gasteiger partial charge in [0.1, 0.15) is 0 Å². The third-order valence-electron chi connectivity index (χ3n) is 4.37. The lowest BCUT2D eigenvalue weighted by molar-refractivity contribution is -0.117. The van der Waals surface area contributed by atoms with Crippen LogP contribution in [-0.2, 0) is 15.9 Å². The van der Waals surface area contributed by atoms with Gasteiger partial charge in [0, 0.05) is 43.8 Å². The molecule has 4 heteroatoms. The maximum absolute atomic E-state index is 5.38. The van der Waals surface area contributed by atoms with E-state index in [-0.39, 0.29) is 6.29 Å². The fourth-order valence-corrected chi connectivity index (χ4v) is 3.21. The van der Waals surface area contributed by atoms with Crippen LogP contribution in [0.5, 0.6) is 0 Å². The standard InChI is InChI=1S/C16H22N2O2/c1-18-9-8-12-11-6-4-5-7-13(11)17-16(12)14(18)10-15(19-2)20-3/h4-7,14-15,17H,8-10H2,1-3H3. The van der Waals surface area contributed by atoms with E-state index in [1.165, 1.54) is 22.2 Å². The van der Waals surface area contributed by atoms with Crippen molar-refractivity contribution in [2.45, 2.75) is 25.2 Å². The maximum Gasteiger partial charge on any atom is 0.158 e. The van der Waals surface area contributed by atoms with Gasteiger partial charge in [-0.25, -0.2) is 0 Å². The normalized spacial score (nSPS) is 19.7. The Kier molecular flexibility index (Phi) is 3.78. The quantitative estimate of drug-likeness (QED) is 0.871. The van der Waals surface area contributed by atoms with Crippen molar-refractivity contribution in [3.8, 4) is 0 Å². The molecule has 0 spiro atoms. The zero-order valence-electron chi connectivity index (χ0n) is 12.3. The molecule has 0 saturated carbocycles. The molecule has 1 atom stereocenters. The number of nitrogens with zero attached hydrogens (tertiary/aromatic N) is 1. The molecule has 0 saturated heterocycles. The number of H-pyrrole nitrogens is 1. The van der Waals surface area contributed by atoms with Gasteiger partial charge in [-0.1, -0.05) is 18.2 Å². The topological polar surface area (TPSA) is 37.5 Å². The Morgan fingerprint density at radius 1 is 1.30 bits per heavy atom. The largest absolute Gasteiger partial charge is 0.357 e. The number of aromatic amines is 1. The lowest BCUT2D eigenvalue weighted by Crippen LogP contribution is -2.35. The summed E-state index contributed by atoms with van der Waals surface area (Å²) in [4.78, 5) is 5.98. The van der Waals surface area contributed by atoms with E-state index in [9.17, 15) is 0 Å². The Bertz CT molecular complexity index is 589. The van der Waals surface area contributed by atoms with E-state index in [0.29, 0.717) is 6.04 Å². The Morgan fingerprint density at radius 2 is 2.05 bits per heavy atom. The highest BCUT2D eigenvalue weighted by Crippen LogP contribution is 2.36. The van der Waals surface area contributed by atoms with Gasteiger partial charge < -0.3 is 14.5 Å². The number of fused-ring (bicyclic) bond motifs is 3. The molecule has 20 heavy (non-hydrogen) atoms. The van der Waals surface area contributed by atoms with Crippen molar-refractivity contribution in [3.05, 3.63) is 35.5 Å². The minimum absolute atomic E-state index is 0.167. The van der Waals surface area contributed by atoms with Crippen molar-refractivity contribution in [2.75, 3.05) is 27.8 Å². The van der Waals surface area contributed by atoms with Crippen molar-refractivity contribution < 1.29 is 9.47 Å². The van der Waals surface area contributed by atoms with E-state index in [1.54, 1.807) is 14.2 Å². The van der Waals surface area contributed by atoms with Crippen molar-refractivity contribution >= 4 is 10.9 Å². The molecule has 0 bridgehead atoms. The molecular formula is C16H22N2O2. The van der Waals surface area contributed by atoms with Crippen LogP contribution in [0.25, 0.3) is 10.9 Å². The third kappa shape index (κ3) is 2.24. The maximum atomic E-state index is 5.38. The van der Waals surface area contributed by atoms with Crippen LogP contribution in [0.3, 0.4) is 0 Å². The highest BCUT2D eigenvalue weighted by molar-refractivity contribution is 5.85. The van der Waals surface area contributed by atoms with Crippen LogP contribution < -0.4 is 0 Å². The zero-order chi connectivity index (χ0) is 14.1. The highest BCUT2D eigenvalue weighted by atomic mass is 16.7. The van der Waals surface area contributed by atoms with Crippen LogP contribution in [0.1, 0.15) is 23.7 Å². The molecule has 2 aromatic rings. The fourth-order valence-electron chi connectivity index (χ4n) is 3.21. The van der Waals surface area contributed by atoms with Crippen molar-refractivity contribution in [1.82, 2.24) is 9.88 Å². The van der Waals surface area contributed by atoms with Gasteiger partial charge in [-0.05, 0) is 25.1 Å². The lowest BCUT2D eigenvalue weighted by atomic mass is 9.95. The number of hydrogen-bond acceptors (Lipinski definition) is 3. The number of ether oxygens (including phenoxy) is 2. The van der Waals surface area contributed by atoms with Crippen molar-refractivity contribution in [3.63, 3.8) is 0 Å². The van der Waals surface area contributed by atoms with Gasteiger partial charge in [0.2, 0.25) is 0 Å². The molecule has 1 aliphatic heterocycles. The minimum atomic E-state index is -0.167. The van der Waals surface area contributed by atoms with E-state index in [1.807, 2.05) is 0 Å². The highest BCUT2D eigenvalue weighted by Gasteiger charge is 2.30. The van der Waals surface area contributed by atoms with Crippen LogP contribution in [0.4, 0.5) is 0 Å². The summed E-state index contributed by atoms with van der Waals surface area (Å²) < 4.78 is 10.8. The van der Waals surface area contributed by atoms with Crippen LogP contribution >= 0.6 is 0 Å². The molecule has 0 amide bonds. The molecule has 1 N–H and O–H groups in total. The summed E-state index contributed by atoms with van der Waals surface area (Å²) in [5.74, 6) is 0. The molecule has 1 unspecified atom stereocenters. The van der Waals surface area contributed by atoms with Gasteiger partial charge in [0.15, 0.2) is 6.29 Å². The van der Waals surface area contributed by atoms with Crippen molar-refractivity contribution in [1.29, 1.82) is 0 Å². The van der Waals surface area contributed by atoms with Crippen molar-refractivity contribution in [2.24, 2.45) is 0 Å². The molecule has 0 fully saturated rings. The molecule has 1 aromatic carbocycles. The molecule has 3 rings (SSSR count). The number of rotatable bonds is 4. The van der Waals surface area contributed by atoms with Crippen LogP contribution in [0.2, 0.25) is 0 Å². The second-order valence-corrected chi connectivity index (χ2v) is 5.45. The Labute approximate surface area is 119 Å². The second-order valence-electron chi connectivity index (χ2n) is 5.45. The second kappa shape index (κ2) is 5.56. The summed E-state index contributed by atoms with van der Waals surface area (Å²) in [6, 6.07) is 8.86. The van der Waals surface area contributed by atoms with Gasteiger partial charge in [-0.3, -0.25) is 4.90 Å². The molecule has 1 aromatic heterocycles. The Hall–Kier alpha value is -1.36. The Balaban J connectivity index is 2.00. The molecule has 1 aliphatic rings. The number of likely N-dealkylation sites (N-methyl/N-ethyl adjacent to an activating group) is 1. The van der Waals surface area contributed by atoms with Gasteiger partial charge in [-0.15, -0.1) is 0 Å². The van der Waals surface area contributed by atoms with E-state index in [0.717, 1.165) is 19.4 Å². The molecule has 0 aliphatic carbocycles. The first-order chi connectivity index (χ1) is 9.74. The van der Waals surface area contributed by atoms with E-state index >= 15 is 0 Å². The Morgan fingerprint density at radius 3 is 2.80 bits per heavy atom. The van der Waals surface area contributed by atoms with E-state index in [4.69, 9.17) is 9.47 Å². The average molecular weight is 274 g/mol. The zero-order valence-corrected chi connectivity index (χ0v) is 12.3. The lowest BCUT2D eigenvalue weighted by Gasteiger charge is -2.34. The van der Waals surface area contributed by atoms with Gasteiger partial charge >= 0.3 is 0 Å². The van der Waals surface area contributed by atoms with Crippen LogP contribution in [0.15, 0.2) is 24.3 Å². The SMILES string of the molecule is COC(CC1c2[nH]c3ccccc3c2CCN1C)OC. The number of nitrogens with one attached hydrogen (secondary N) is 1. The number of methoxy groups -OCH3 is 2. The van der Waals surface area contributed by atoms with Gasteiger partial charge in [0.25, 0.3) is 0 Å².